The first-order chi connectivity index (χ1) is 12.8. The van der Waals surface area contributed by atoms with Gasteiger partial charge in [-0.15, -0.1) is 0 Å². The lowest BCUT2D eigenvalue weighted by Crippen LogP contribution is -2.29. The summed E-state index contributed by atoms with van der Waals surface area (Å²) in [6.45, 7) is 5.98. The van der Waals surface area contributed by atoms with Gasteiger partial charge in [-0.1, -0.05) is 13.8 Å². The summed E-state index contributed by atoms with van der Waals surface area (Å²) in [5, 5.41) is 2.95. The number of nitrogens with zero attached hydrogens (tertiary/aromatic N) is 1. The molecule has 27 heavy (non-hydrogen) atoms. The summed E-state index contributed by atoms with van der Waals surface area (Å²) >= 11 is 3.31. The fourth-order valence-electron chi connectivity index (χ4n) is 3.15. The molecular formula is C20H26BrN3O3. The lowest BCUT2D eigenvalue weighted by Gasteiger charge is -2.19. The first kappa shape index (κ1) is 21.2. The minimum atomic E-state index is -0.447. The van der Waals surface area contributed by atoms with Crippen molar-refractivity contribution in [2.75, 3.05) is 18.2 Å². The molecule has 0 unspecified atom stereocenters. The molecule has 0 saturated carbocycles. The van der Waals surface area contributed by atoms with Crippen LogP contribution in [0.25, 0.3) is 0 Å². The van der Waals surface area contributed by atoms with Crippen LogP contribution in [0.3, 0.4) is 0 Å². The average molecular weight is 436 g/mol. The lowest BCUT2D eigenvalue weighted by molar-refractivity contribution is 0.101. The minimum absolute atomic E-state index is 0.0813. The Morgan fingerprint density at radius 3 is 2.30 bits per heavy atom. The number of pyridine rings is 1. The topological polar surface area (TPSA) is 86.3 Å². The summed E-state index contributed by atoms with van der Waals surface area (Å²) in [5.41, 5.74) is 10.3. The minimum Gasteiger partial charge on any atom is -0.399 e. The van der Waals surface area contributed by atoms with Crippen LogP contribution < -0.4 is 16.5 Å². The molecule has 0 spiro atoms. The lowest BCUT2D eigenvalue weighted by atomic mass is 10.0. The molecule has 146 valence electrons. The van der Waals surface area contributed by atoms with Gasteiger partial charge in [-0.05, 0) is 59.0 Å². The molecule has 1 aromatic carbocycles. The van der Waals surface area contributed by atoms with Gasteiger partial charge < -0.3 is 20.4 Å². The Labute approximate surface area is 167 Å². The Kier molecular flexibility index (Phi) is 6.84. The summed E-state index contributed by atoms with van der Waals surface area (Å²) in [4.78, 5) is 26.0. The van der Waals surface area contributed by atoms with E-state index in [1.165, 1.54) is 7.11 Å². The van der Waals surface area contributed by atoms with E-state index in [0.717, 1.165) is 22.5 Å². The van der Waals surface area contributed by atoms with Crippen LogP contribution in [0.15, 0.2) is 21.4 Å². The zero-order chi connectivity index (χ0) is 20.3. The van der Waals surface area contributed by atoms with Gasteiger partial charge in [-0.3, -0.25) is 9.59 Å². The van der Waals surface area contributed by atoms with Gasteiger partial charge in [0.2, 0.25) is 5.43 Å². The maximum Gasteiger partial charge on any atom is 0.261 e. The molecule has 0 saturated heterocycles. The van der Waals surface area contributed by atoms with Gasteiger partial charge in [0.05, 0.1) is 16.8 Å². The summed E-state index contributed by atoms with van der Waals surface area (Å²) < 4.78 is 7.41. The van der Waals surface area contributed by atoms with Crippen molar-refractivity contribution in [2.24, 2.45) is 7.05 Å². The van der Waals surface area contributed by atoms with Gasteiger partial charge in [0.25, 0.3) is 5.91 Å². The van der Waals surface area contributed by atoms with Crippen LogP contribution in [0.2, 0.25) is 0 Å². The highest BCUT2D eigenvalue weighted by Crippen LogP contribution is 2.27. The Morgan fingerprint density at radius 1 is 1.26 bits per heavy atom. The fourth-order valence-corrected chi connectivity index (χ4v) is 3.62. The Morgan fingerprint density at radius 2 is 1.81 bits per heavy atom. The first-order valence-corrected chi connectivity index (χ1v) is 9.65. The van der Waals surface area contributed by atoms with Crippen molar-refractivity contribution in [3.05, 3.63) is 54.9 Å². The second-order valence-corrected chi connectivity index (χ2v) is 7.21. The van der Waals surface area contributed by atoms with Gasteiger partial charge in [-0.2, -0.15) is 0 Å². The van der Waals surface area contributed by atoms with Crippen molar-refractivity contribution in [3.63, 3.8) is 0 Å². The fraction of sp³-hybridized carbons (Fsp3) is 0.400. The van der Waals surface area contributed by atoms with Gasteiger partial charge in [0.15, 0.2) is 0 Å². The predicted molar refractivity (Wildman–Crippen MR) is 112 cm³/mol. The number of aromatic nitrogens is 1. The molecule has 0 aliphatic rings. The standard InChI is InChI=1S/C20H26BrN3O3/c1-6-12-8-14(22)9-13(7-2)18(12)23-20(26)16-15(10-27-5)24(4)11(3)17(21)19(16)25/h8-9H,6-7,10,22H2,1-5H3,(H,23,26). The summed E-state index contributed by atoms with van der Waals surface area (Å²) in [7, 11) is 3.34. The third-order valence-corrected chi connectivity index (χ3v) is 5.71. The summed E-state index contributed by atoms with van der Waals surface area (Å²) in [6, 6.07) is 3.71. The number of methoxy groups -OCH3 is 1. The molecule has 0 aliphatic carbocycles. The Hall–Kier alpha value is -2.12. The van der Waals surface area contributed by atoms with Crippen LogP contribution in [0.5, 0.6) is 0 Å². The number of amides is 1. The largest absolute Gasteiger partial charge is 0.399 e. The van der Waals surface area contributed by atoms with E-state index in [1.54, 1.807) is 4.57 Å². The van der Waals surface area contributed by atoms with Crippen molar-refractivity contribution in [3.8, 4) is 0 Å². The van der Waals surface area contributed by atoms with E-state index < -0.39 is 5.91 Å². The Balaban J connectivity index is 2.63. The van der Waals surface area contributed by atoms with Crippen LogP contribution in [0.1, 0.15) is 46.7 Å². The van der Waals surface area contributed by atoms with E-state index in [0.29, 0.717) is 28.7 Å². The smallest absolute Gasteiger partial charge is 0.261 e. The number of nitrogen functional groups attached to an aromatic ring is 1. The molecule has 0 aliphatic heterocycles. The second-order valence-electron chi connectivity index (χ2n) is 6.42. The van der Waals surface area contributed by atoms with Crippen LogP contribution in [0, 0.1) is 6.92 Å². The SMILES string of the molecule is CCc1cc(N)cc(CC)c1NC(=O)c1c(COC)n(C)c(C)c(Br)c1=O. The highest BCUT2D eigenvalue weighted by Gasteiger charge is 2.23. The zero-order valence-corrected chi connectivity index (χ0v) is 18.0. The number of hydrogen-bond acceptors (Lipinski definition) is 4. The number of hydrogen-bond donors (Lipinski definition) is 2. The number of anilines is 2. The van der Waals surface area contributed by atoms with E-state index in [4.69, 9.17) is 10.5 Å². The monoisotopic (exact) mass is 435 g/mol. The van der Waals surface area contributed by atoms with Crippen molar-refractivity contribution in [1.29, 1.82) is 0 Å². The summed E-state index contributed by atoms with van der Waals surface area (Å²) in [5.74, 6) is -0.447. The molecule has 1 aromatic heterocycles. The number of benzene rings is 1. The molecule has 6 nitrogen and oxygen atoms in total. The number of halogens is 1. The summed E-state index contributed by atoms with van der Waals surface area (Å²) in [6.07, 6.45) is 1.43. The van der Waals surface area contributed by atoms with Crippen molar-refractivity contribution in [2.45, 2.75) is 40.2 Å². The van der Waals surface area contributed by atoms with Crippen molar-refractivity contribution in [1.82, 2.24) is 4.57 Å². The molecule has 2 aromatic rings. The molecule has 0 radical (unpaired) electrons. The van der Waals surface area contributed by atoms with Gasteiger partial charge in [0.1, 0.15) is 5.56 Å². The highest BCUT2D eigenvalue weighted by molar-refractivity contribution is 9.10. The molecule has 3 N–H and O–H groups in total. The Bertz CT molecular complexity index is 910. The van der Waals surface area contributed by atoms with Gasteiger partial charge in [0, 0.05) is 31.2 Å². The van der Waals surface area contributed by atoms with Gasteiger partial charge >= 0.3 is 0 Å². The quantitative estimate of drug-likeness (QED) is 0.678. The number of aryl methyl sites for hydroxylation is 2. The predicted octanol–water partition coefficient (Wildman–Crippen LogP) is 3.56. The molecular weight excluding hydrogens is 410 g/mol. The third kappa shape index (κ3) is 4.09. The normalized spacial score (nSPS) is 10.9. The van der Waals surface area contributed by atoms with Crippen molar-refractivity contribution >= 4 is 33.2 Å². The molecule has 0 fully saturated rings. The van der Waals surface area contributed by atoms with E-state index in [-0.39, 0.29) is 17.6 Å². The molecule has 1 amide bonds. The molecule has 0 atom stereocenters. The number of nitrogens with two attached hydrogens (primary N) is 1. The molecule has 1 heterocycles. The number of carbonyl (C=O) groups is 1. The number of ether oxygens (including phenoxy) is 1. The van der Waals surface area contributed by atoms with Crippen LogP contribution in [-0.2, 0) is 31.2 Å². The molecule has 2 rings (SSSR count). The highest BCUT2D eigenvalue weighted by atomic mass is 79.9. The van der Waals surface area contributed by atoms with Crippen LogP contribution >= 0.6 is 15.9 Å². The number of rotatable bonds is 6. The molecule has 0 bridgehead atoms. The third-order valence-electron chi connectivity index (χ3n) is 4.77. The van der Waals surface area contributed by atoms with E-state index in [2.05, 4.69) is 21.2 Å². The maximum atomic E-state index is 13.1. The maximum absolute atomic E-state index is 13.1. The van der Waals surface area contributed by atoms with E-state index in [1.807, 2.05) is 40.0 Å². The average Bonchev–Trinajstić information content (AvgIpc) is 2.65. The first-order valence-electron chi connectivity index (χ1n) is 8.86. The van der Waals surface area contributed by atoms with Crippen molar-refractivity contribution < 1.29 is 9.53 Å². The van der Waals surface area contributed by atoms with Gasteiger partial charge in [-0.25, -0.2) is 0 Å². The van der Waals surface area contributed by atoms with Crippen LogP contribution in [-0.4, -0.2) is 17.6 Å². The second kappa shape index (κ2) is 8.71. The number of carbonyl (C=O) groups excluding carboxylic acids is 1. The van der Waals surface area contributed by atoms with E-state index in [9.17, 15) is 9.59 Å². The van der Waals surface area contributed by atoms with E-state index >= 15 is 0 Å². The zero-order valence-electron chi connectivity index (χ0n) is 16.4. The molecule has 7 heteroatoms. The number of nitrogens with one attached hydrogen (secondary N) is 1. The van der Waals surface area contributed by atoms with Crippen LogP contribution in [0.4, 0.5) is 11.4 Å².